The van der Waals surface area contributed by atoms with Crippen molar-refractivity contribution in [3.05, 3.63) is 24.4 Å². The smallest absolute Gasteiger partial charge is 0.353 e. The van der Waals surface area contributed by atoms with Crippen LogP contribution < -0.4 is 10.2 Å². The maximum atomic E-state index is 12.6. The van der Waals surface area contributed by atoms with Gasteiger partial charge >= 0.3 is 6.18 Å². The zero-order valence-electron chi connectivity index (χ0n) is 15.6. The fourth-order valence-corrected chi connectivity index (χ4v) is 3.61. The first-order chi connectivity index (χ1) is 12.9. The average Bonchev–Trinajstić information content (AvgIpc) is 3.07. The summed E-state index contributed by atoms with van der Waals surface area (Å²) >= 11 is 0. The average molecular weight is 384 g/mol. The molecule has 0 aromatic carbocycles. The predicted octanol–water partition coefficient (Wildman–Crippen LogP) is 1.81. The molecular weight excluding hydrogens is 357 g/mol. The summed E-state index contributed by atoms with van der Waals surface area (Å²) in [6, 6.07) is 5.89. The van der Waals surface area contributed by atoms with Crippen LogP contribution in [0.15, 0.2) is 29.4 Å². The van der Waals surface area contributed by atoms with Crippen LogP contribution in [-0.2, 0) is 0 Å². The standard InChI is InChI=1S/C18H27F3N6/c1-2-22-17(24-15-6-8-25(13-15)14-18(19,20)21)27-11-9-26(10-12-27)16-5-3-4-7-23-16/h3-5,7,15H,2,6,8-14H2,1H3,(H,22,24). The van der Waals surface area contributed by atoms with E-state index >= 15 is 0 Å². The Morgan fingerprint density at radius 3 is 2.63 bits per heavy atom. The van der Waals surface area contributed by atoms with Crippen molar-refractivity contribution in [2.75, 3.05) is 57.3 Å². The fourth-order valence-electron chi connectivity index (χ4n) is 3.61. The molecule has 2 fully saturated rings. The molecule has 0 spiro atoms. The van der Waals surface area contributed by atoms with Crippen LogP contribution in [0.2, 0.25) is 0 Å². The van der Waals surface area contributed by atoms with Gasteiger partial charge in [0.05, 0.1) is 6.54 Å². The van der Waals surface area contributed by atoms with Crippen LogP contribution in [0.4, 0.5) is 19.0 Å². The molecule has 0 amide bonds. The van der Waals surface area contributed by atoms with Gasteiger partial charge in [-0.25, -0.2) is 4.98 Å². The second kappa shape index (κ2) is 8.77. The van der Waals surface area contributed by atoms with Crippen molar-refractivity contribution in [3.63, 3.8) is 0 Å². The predicted molar refractivity (Wildman–Crippen MR) is 100 cm³/mol. The molecule has 1 N–H and O–H groups in total. The first kappa shape index (κ1) is 19.7. The molecule has 0 saturated carbocycles. The van der Waals surface area contributed by atoms with Crippen molar-refractivity contribution in [2.24, 2.45) is 4.99 Å². The summed E-state index contributed by atoms with van der Waals surface area (Å²) in [7, 11) is 0. The van der Waals surface area contributed by atoms with E-state index in [-0.39, 0.29) is 6.04 Å². The number of anilines is 1. The van der Waals surface area contributed by atoms with Gasteiger partial charge in [-0.3, -0.25) is 9.89 Å². The topological polar surface area (TPSA) is 47.0 Å². The lowest BCUT2D eigenvalue weighted by atomic mass is 10.2. The van der Waals surface area contributed by atoms with Gasteiger partial charge in [-0.2, -0.15) is 13.2 Å². The second-order valence-corrected chi connectivity index (χ2v) is 6.94. The van der Waals surface area contributed by atoms with Gasteiger partial charge in [0, 0.05) is 58.1 Å². The summed E-state index contributed by atoms with van der Waals surface area (Å²) in [6.07, 6.45) is -1.65. The third kappa shape index (κ3) is 5.72. The van der Waals surface area contributed by atoms with Crippen molar-refractivity contribution in [3.8, 4) is 0 Å². The van der Waals surface area contributed by atoms with Gasteiger partial charge in [0.1, 0.15) is 5.82 Å². The highest BCUT2D eigenvalue weighted by molar-refractivity contribution is 5.80. The minimum absolute atomic E-state index is 0.00599. The third-order valence-corrected chi connectivity index (χ3v) is 4.87. The quantitative estimate of drug-likeness (QED) is 0.634. The van der Waals surface area contributed by atoms with Crippen molar-refractivity contribution in [1.82, 2.24) is 20.1 Å². The first-order valence-electron chi connectivity index (χ1n) is 9.45. The molecule has 2 aliphatic rings. The molecule has 1 aromatic heterocycles. The van der Waals surface area contributed by atoms with E-state index in [1.165, 1.54) is 4.90 Å². The Labute approximate surface area is 158 Å². The van der Waals surface area contributed by atoms with Crippen molar-refractivity contribution < 1.29 is 13.2 Å². The molecule has 9 heteroatoms. The molecule has 0 bridgehead atoms. The summed E-state index contributed by atoms with van der Waals surface area (Å²) < 4.78 is 37.7. The lowest BCUT2D eigenvalue weighted by Gasteiger charge is -2.37. The molecule has 1 aromatic rings. The van der Waals surface area contributed by atoms with Gasteiger partial charge in [-0.05, 0) is 25.5 Å². The largest absolute Gasteiger partial charge is 0.401 e. The first-order valence-corrected chi connectivity index (χ1v) is 9.45. The molecule has 3 rings (SSSR count). The van der Waals surface area contributed by atoms with Crippen molar-refractivity contribution in [1.29, 1.82) is 0 Å². The van der Waals surface area contributed by atoms with Gasteiger partial charge in [-0.15, -0.1) is 0 Å². The summed E-state index contributed by atoms with van der Waals surface area (Å²) in [6.45, 7) is 5.92. The number of aromatic nitrogens is 1. The highest BCUT2D eigenvalue weighted by Crippen LogP contribution is 2.20. The van der Waals surface area contributed by atoms with Crippen LogP contribution >= 0.6 is 0 Å². The Kier molecular flexibility index (Phi) is 6.41. The number of hydrogen-bond donors (Lipinski definition) is 1. The van der Waals surface area contributed by atoms with E-state index in [0.717, 1.165) is 38.0 Å². The molecular formula is C18H27F3N6. The lowest BCUT2D eigenvalue weighted by Crippen LogP contribution is -2.54. The van der Waals surface area contributed by atoms with E-state index in [9.17, 15) is 13.2 Å². The number of rotatable bonds is 4. The van der Waals surface area contributed by atoms with Gasteiger partial charge in [0.15, 0.2) is 5.96 Å². The minimum atomic E-state index is -4.14. The number of piperazine rings is 1. The van der Waals surface area contributed by atoms with Crippen LogP contribution in [0.3, 0.4) is 0 Å². The van der Waals surface area contributed by atoms with E-state index in [1.807, 2.05) is 25.1 Å². The van der Waals surface area contributed by atoms with E-state index < -0.39 is 12.7 Å². The number of guanidine groups is 1. The van der Waals surface area contributed by atoms with Gasteiger partial charge in [0.25, 0.3) is 0 Å². The van der Waals surface area contributed by atoms with E-state index in [1.54, 1.807) is 6.20 Å². The van der Waals surface area contributed by atoms with Crippen molar-refractivity contribution >= 4 is 11.8 Å². The maximum Gasteiger partial charge on any atom is 0.401 e. The third-order valence-electron chi connectivity index (χ3n) is 4.87. The highest BCUT2D eigenvalue weighted by Gasteiger charge is 2.35. The summed E-state index contributed by atoms with van der Waals surface area (Å²) in [4.78, 5) is 14.8. The lowest BCUT2D eigenvalue weighted by molar-refractivity contribution is -0.143. The summed E-state index contributed by atoms with van der Waals surface area (Å²) in [5.41, 5.74) is 0. The molecule has 27 heavy (non-hydrogen) atoms. The normalized spacial score (nSPS) is 22.4. The van der Waals surface area contributed by atoms with Crippen LogP contribution in [-0.4, -0.2) is 85.3 Å². The Morgan fingerprint density at radius 1 is 1.22 bits per heavy atom. The van der Waals surface area contributed by atoms with Gasteiger partial charge in [-0.1, -0.05) is 6.07 Å². The van der Waals surface area contributed by atoms with Gasteiger partial charge < -0.3 is 15.1 Å². The van der Waals surface area contributed by atoms with Crippen LogP contribution in [0.25, 0.3) is 0 Å². The zero-order valence-corrected chi connectivity index (χ0v) is 15.6. The Morgan fingerprint density at radius 2 is 2.00 bits per heavy atom. The number of likely N-dealkylation sites (tertiary alicyclic amines) is 1. The molecule has 150 valence electrons. The summed E-state index contributed by atoms with van der Waals surface area (Å²) in [5.74, 6) is 1.77. The van der Waals surface area contributed by atoms with E-state index in [4.69, 9.17) is 0 Å². The molecule has 0 radical (unpaired) electrons. The number of hydrogen-bond acceptors (Lipinski definition) is 4. The molecule has 1 atom stereocenters. The monoisotopic (exact) mass is 384 g/mol. The molecule has 1 unspecified atom stereocenters. The van der Waals surface area contributed by atoms with Crippen LogP contribution in [0.5, 0.6) is 0 Å². The number of nitrogens with one attached hydrogen (secondary N) is 1. The molecule has 6 nitrogen and oxygen atoms in total. The van der Waals surface area contributed by atoms with Crippen LogP contribution in [0.1, 0.15) is 13.3 Å². The highest BCUT2D eigenvalue weighted by atomic mass is 19.4. The van der Waals surface area contributed by atoms with Crippen LogP contribution in [0, 0.1) is 0 Å². The zero-order chi connectivity index (χ0) is 19.3. The number of nitrogens with zero attached hydrogens (tertiary/aromatic N) is 5. The number of aliphatic imine (C=N–C) groups is 1. The number of halogens is 3. The Balaban J connectivity index is 1.52. The van der Waals surface area contributed by atoms with Gasteiger partial charge in [0.2, 0.25) is 0 Å². The maximum absolute atomic E-state index is 12.6. The minimum Gasteiger partial charge on any atom is -0.353 e. The number of pyridine rings is 1. The second-order valence-electron chi connectivity index (χ2n) is 6.94. The summed E-state index contributed by atoms with van der Waals surface area (Å²) in [5, 5.41) is 3.39. The fraction of sp³-hybridized carbons (Fsp3) is 0.667. The Bertz CT molecular complexity index is 613. The Hall–Kier alpha value is -2.03. The molecule has 2 saturated heterocycles. The molecule has 2 aliphatic heterocycles. The molecule has 0 aliphatic carbocycles. The number of alkyl halides is 3. The van der Waals surface area contributed by atoms with E-state index in [2.05, 4.69) is 25.1 Å². The SMILES string of the molecule is CCN=C(NC1CCN(CC(F)(F)F)C1)N1CCN(c2ccccn2)CC1. The van der Waals surface area contributed by atoms with E-state index in [0.29, 0.717) is 26.1 Å². The molecule has 3 heterocycles. The van der Waals surface area contributed by atoms with Crippen molar-refractivity contribution in [2.45, 2.75) is 25.6 Å².